The number of nitrogens with one attached hydrogen (secondary N) is 3. The fourth-order valence-corrected chi connectivity index (χ4v) is 6.52. The Hall–Kier alpha value is -6.80. The van der Waals surface area contributed by atoms with E-state index in [-0.39, 0.29) is 17.2 Å². The van der Waals surface area contributed by atoms with Crippen LogP contribution in [0.15, 0.2) is 120 Å². The van der Waals surface area contributed by atoms with E-state index in [9.17, 15) is 9.59 Å². The van der Waals surface area contributed by atoms with Crippen LogP contribution in [0.4, 0.5) is 5.82 Å². The summed E-state index contributed by atoms with van der Waals surface area (Å²) >= 11 is 0. The lowest BCUT2D eigenvalue weighted by molar-refractivity contribution is -0.121. The van der Waals surface area contributed by atoms with E-state index in [4.69, 9.17) is 14.5 Å². The van der Waals surface area contributed by atoms with Crippen LogP contribution in [-0.2, 0) is 21.5 Å². The summed E-state index contributed by atoms with van der Waals surface area (Å²) in [5.74, 6) is 1.56. The first-order valence-corrected chi connectivity index (χ1v) is 21.2. The highest BCUT2D eigenvalue weighted by molar-refractivity contribution is 5.94. The first kappa shape index (κ1) is 44.7. The predicted octanol–water partition coefficient (Wildman–Crippen LogP) is 7.81. The summed E-state index contributed by atoms with van der Waals surface area (Å²) in [6.07, 6.45) is 7.73. The molecule has 3 aromatic carbocycles. The normalized spacial score (nSPS) is 11.4. The maximum atomic E-state index is 12.5. The highest BCUT2D eigenvalue weighted by Gasteiger charge is 2.26. The first-order chi connectivity index (χ1) is 30.2. The number of unbranched alkanes of at least 4 members (excludes halogenated alkanes) is 2. The minimum absolute atomic E-state index is 0.0399. The van der Waals surface area contributed by atoms with Gasteiger partial charge in [-0.25, -0.2) is 9.97 Å². The van der Waals surface area contributed by atoms with Gasteiger partial charge in [0.15, 0.2) is 5.82 Å². The van der Waals surface area contributed by atoms with Gasteiger partial charge in [0.05, 0.1) is 43.8 Å². The van der Waals surface area contributed by atoms with E-state index in [0.717, 1.165) is 59.2 Å². The summed E-state index contributed by atoms with van der Waals surface area (Å²) in [5.41, 5.74) is 9.30. The average molecular weight is 837 g/mol. The maximum absolute atomic E-state index is 12.5. The first-order valence-electron chi connectivity index (χ1n) is 21.2. The highest BCUT2D eigenvalue weighted by Crippen LogP contribution is 2.29. The van der Waals surface area contributed by atoms with Gasteiger partial charge in [0, 0.05) is 42.8 Å². The molecule has 0 saturated heterocycles. The van der Waals surface area contributed by atoms with Crippen LogP contribution in [0.3, 0.4) is 0 Å². The van der Waals surface area contributed by atoms with Crippen molar-refractivity contribution in [3.63, 3.8) is 0 Å². The monoisotopic (exact) mass is 836 g/mol. The van der Waals surface area contributed by atoms with Gasteiger partial charge in [0.25, 0.3) is 5.91 Å². The minimum Gasteiger partial charge on any atom is -0.478 e. The number of tetrazole rings is 1. The van der Waals surface area contributed by atoms with Gasteiger partial charge < -0.3 is 20.1 Å². The van der Waals surface area contributed by atoms with E-state index < -0.39 is 0 Å². The van der Waals surface area contributed by atoms with E-state index >= 15 is 0 Å². The molecule has 14 heteroatoms. The number of amides is 2. The number of hydrogen-bond donors (Lipinski definition) is 3. The van der Waals surface area contributed by atoms with Crippen molar-refractivity contribution in [2.24, 2.45) is 5.10 Å². The van der Waals surface area contributed by atoms with Gasteiger partial charge in [0.2, 0.25) is 11.8 Å². The number of carbonyl (C=O) groups excluding carboxylic acids is 2. The molecule has 62 heavy (non-hydrogen) atoms. The molecular weight excluding hydrogens is 781 g/mol. The molecule has 0 bridgehead atoms. The van der Waals surface area contributed by atoms with Crippen LogP contribution >= 0.6 is 0 Å². The van der Waals surface area contributed by atoms with Crippen molar-refractivity contribution >= 4 is 23.8 Å². The van der Waals surface area contributed by atoms with Crippen LogP contribution in [0.5, 0.6) is 5.88 Å². The third kappa shape index (κ3) is 14.2. The zero-order valence-electron chi connectivity index (χ0n) is 35.8. The van der Waals surface area contributed by atoms with Crippen molar-refractivity contribution in [3.8, 4) is 28.3 Å². The number of pyridine rings is 2. The molecule has 6 rings (SSSR count). The molecule has 0 radical (unpaired) electrons. The van der Waals surface area contributed by atoms with Crippen LogP contribution in [-0.4, -0.2) is 81.1 Å². The van der Waals surface area contributed by atoms with Crippen molar-refractivity contribution in [2.45, 2.75) is 71.3 Å². The quantitative estimate of drug-likeness (QED) is 0.0311. The molecule has 0 spiro atoms. The second-order valence-corrected chi connectivity index (χ2v) is 15.5. The van der Waals surface area contributed by atoms with Crippen molar-refractivity contribution in [1.29, 1.82) is 0 Å². The fourth-order valence-electron chi connectivity index (χ4n) is 6.52. The van der Waals surface area contributed by atoms with Crippen LogP contribution in [0.2, 0.25) is 0 Å². The van der Waals surface area contributed by atoms with Crippen LogP contribution < -0.4 is 20.8 Å². The lowest BCUT2D eigenvalue weighted by Gasteiger charge is -2.20. The Morgan fingerprint density at radius 3 is 2.29 bits per heavy atom. The van der Waals surface area contributed by atoms with Gasteiger partial charge in [-0.05, 0) is 84.7 Å². The molecule has 3 heterocycles. The molecule has 2 amide bonds. The van der Waals surface area contributed by atoms with E-state index in [2.05, 4.69) is 85.7 Å². The zero-order valence-corrected chi connectivity index (χ0v) is 35.8. The average Bonchev–Trinajstić information content (AvgIpc) is 3.79. The Kier molecular flexibility index (Phi) is 16.8. The number of nitrogens with zero attached hydrogens (tertiary/aromatic N) is 7. The van der Waals surface area contributed by atoms with E-state index in [1.165, 1.54) is 6.20 Å². The van der Waals surface area contributed by atoms with Crippen molar-refractivity contribution in [2.75, 3.05) is 38.3 Å². The summed E-state index contributed by atoms with van der Waals surface area (Å²) in [7, 11) is 0. The largest absolute Gasteiger partial charge is 0.478 e. The maximum Gasteiger partial charge on any atom is 0.252 e. The molecule has 3 aromatic heterocycles. The van der Waals surface area contributed by atoms with E-state index in [1.54, 1.807) is 23.1 Å². The molecule has 14 nitrogen and oxygen atoms in total. The molecule has 0 unspecified atom stereocenters. The van der Waals surface area contributed by atoms with Gasteiger partial charge in [0.1, 0.15) is 5.82 Å². The summed E-state index contributed by atoms with van der Waals surface area (Å²) in [6.45, 7) is 8.81. The number of carbonyl (C=O) groups is 2. The Balaban J connectivity index is 0.799. The van der Waals surface area contributed by atoms with E-state index in [0.29, 0.717) is 75.4 Å². The summed E-state index contributed by atoms with van der Waals surface area (Å²) in [4.78, 5) is 35.5. The van der Waals surface area contributed by atoms with Gasteiger partial charge in [-0.3, -0.25) is 15.0 Å². The van der Waals surface area contributed by atoms with Crippen LogP contribution in [0.1, 0.15) is 79.7 Å². The Morgan fingerprint density at radius 2 is 1.53 bits per heavy atom. The van der Waals surface area contributed by atoms with Gasteiger partial charge in [-0.15, -0.1) is 10.2 Å². The molecule has 0 aliphatic heterocycles. The van der Waals surface area contributed by atoms with Gasteiger partial charge in [-0.1, -0.05) is 98.8 Å². The second kappa shape index (κ2) is 23.3. The van der Waals surface area contributed by atoms with Crippen molar-refractivity contribution in [3.05, 3.63) is 138 Å². The molecule has 0 atom stereocenters. The summed E-state index contributed by atoms with van der Waals surface area (Å²) in [6, 6.07) is 35.9. The minimum atomic E-state index is -0.252. The number of hydrazone groups is 1. The molecule has 0 fully saturated rings. The molecule has 0 aliphatic carbocycles. The summed E-state index contributed by atoms with van der Waals surface area (Å²) in [5, 5.41) is 23.2. The number of anilines is 1. The lowest BCUT2D eigenvalue weighted by atomic mass is 9.86. The smallest absolute Gasteiger partial charge is 0.252 e. The number of hydrogen-bond acceptors (Lipinski definition) is 11. The molecule has 3 N–H and O–H groups in total. The number of aryl methyl sites for hydroxylation is 2. The molecule has 0 saturated carbocycles. The molecular formula is C48H56N10O4. The topological polar surface area (TPSA) is 170 Å². The molecule has 6 aromatic rings. The molecule has 0 aliphatic rings. The number of benzene rings is 3. The SMILES string of the molecule is Cc1ccccc1/C=N\Nc1ccc(C(=O)NCCOCCNC(=O)CCCCn2nnc(C(C)(C)CCCCOc3cc(-c4ccccc4)cc(-c4ccccc4)n3)n2)cn1. The number of ether oxygens (including phenoxy) is 2. The van der Waals surface area contributed by atoms with E-state index in [1.807, 2.05) is 73.7 Å². The van der Waals surface area contributed by atoms with Crippen molar-refractivity contribution in [1.82, 2.24) is 40.8 Å². The predicted molar refractivity (Wildman–Crippen MR) is 242 cm³/mol. The Morgan fingerprint density at radius 1 is 0.790 bits per heavy atom. The summed E-state index contributed by atoms with van der Waals surface area (Å²) < 4.78 is 11.8. The fraction of sp³-hybridized carbons (Fsp3) is 0.333. The standard InChI is InChI=1S/C48H56N10O4/c1-36-16-10-11-21-39(36)35-52-54-43-24-23-40(34-51-43)46(60)50-27-31-61-30-26-49-44(59)22-12-14-28-58-56-47(55-57-58)48(2,3)25-13-15-29-62-45-33-41(37-17-6-4-7-18-37)32-42(53-45)38-19-8-5-9-20-38/h4-11,16-21,23-24,32-35H,12-15,22,25-31H2,1-3H3,(H,49,59)(H,50,60)(H,51,54)/b52-35-. The third-order valence-corrected chi connectivity index (χ3v) is 10.2. The lowest BCUT2D eigenvalue weighted by Crippen LogP contribution is -2.30. The van der Waals surface area contributed by atoms with Crippen LogP contribution in [0, 0.1) is 6.92 Å². The third-order valence-electron chi connectivity index (χ3n) is 10.2. The highest BCUT2D eigenvalue weighted by atomic mass is 16.5. The van der Waals surface area contributed by atoms with Gasteiger partial charge >= 0.3 is 0 Å². The van der Waals surface area contributed by atoms with Crippen molar-refractivity contribution < 1.29 is 19.1 Å². The Labute approximate surface area is 363 Å². The molecule has 322 valence electrons. The number of aromatic nitrogens is 6. The Bertz CT molecular complexity index is 2280. The zero-order chi connectivity index (χ0) is 43.4. The second-order valence-electron chi connectivity index (χ2n) is 15.5. The van der Waals surface area contributed by atoms with Gasteiger partial charge in [-0.2, -0.15) is 9.90 Å². The van der Waals surface area contributed by atoms with Crippen LogP contribution in [0.25, 0.3) is 22.4 Å². The number of rotatable bonds is 24.